The number of rotatable bonds is 3. The Balaban J connectivity index is 3.08. The van der Waals surface area contributed by atoms with Crippen molar-refractivity contribution in [2.24, 2.45) is 11.1 Å². The molecule has 0 saturated carbocycles. The molecular formula is C13H19NO. The van der Waals surface area contributed by atoms with Gasteiger partial charge in [-0.05, 0) is 31.0 Å². The van der Waals surface area contributed by atoms with Crippen LogP contribution in [0.4, 0.5) is 0 Å². The second kappa shape index (κ2) is 4.15. The summed E-state index contributed by atoms with van der Waals surface area (Å²) in [6.07, 6.45) is 0. The van der Waals surface area contributed by atoms with E-state index in [1.807, 2.05) is 45.9 Å². The van der Waals surface area contributed by atoms with Gasteiger partial charge in [0.15, 0.2) is 5.78 Å². The maximum atomic E-state index is 12.1. The molecule has 15 heavy (non-hydrogen) atoms. The van der Waals surface area contributed by atoms with Gasteiger partial charge in [0.1, 0.15) is 0 Å². The van der Waals surface area contributed by atoms with Crippen molar-refractivity contribution in [3.63, 3.8) is 0 Å². The first-order chi connectivity index (χ1) is 6.88. The maximum Gasteiger partial charge on any atom is 0.169 e. The summed E-state index contributed by atoms with van der Waals surface area (Å²) in [5.41, 5.74) is 8.23. The first kappa shape index (κ1) is 11.9. The predicted molar refractivity (Wildman–Crippen MR) is 63.1 cm³/mol. The summed E-state index contributed by atoms with van der Waals surface area (Å²) in [5, 5.41) is 0. The molecule has 0 heterocycles. The molecule has 0 spiro atoms. The first-order valence-corrected chi connectivity index (χ1v) is 5.20. The fourth-order valence-corrected chi connectivity index (χ4v) is 1.37. The number of hydrogen-bond donors (Lipinski definition) is 1. The molecule has 0 fully saturated rings. The highest BCUT2D eigenvalue weighted by Crippen LogP contribution is 2.21. The highest BCUT2D eigenvalue weighted by atomic mass is 16.1. The van der Waals surface area contributed by atoms with Crippen LogP contribution in [0.2, 0.25) is 0 Å². The van der Waals surface area contributed by atoms with Crippen molar-refractivity contribution >= 4 is 5.78 Å². The highest BCUT2D eigenvalue weighted by Gasteiger charge is 2.26. The molecule has 1 rings (SSSR count). The third-order valence-electron chi connectivity index (χ3n) is 2.89. The van der Waals surface area contributed by atoms with E-state index in [4.69, 9.17) is 5.73 Å². The Kier molecular flexibility index (Phi) is 3.30. The van der Waals surface area contributed by atoms with Gasteiger partial charge in [0.05, 0.1) is 0 Å². The molecule has 0 unspecified atom stereocenters. The molecule has 2 heteroatoms. The summed E-state index contributed by atoms with van der Waals surface area (Å²) in [7, 11) is 0. The van der Waals surface area contributed by atoms with E-state index in [2.05, 4.69) is 0 Å². The molecule has 0 aliphatic carbocycles. The van der Waals surface area contributed by atoms with Crippen molar-refractivity contribution < 1.29 is 4.79 Å². The quantitative estimate of drug-likeness (QED) is 0.770. The fraction of sp³-hybridized carbons (Fsp3) is 0.462. The summed E-state index contributed by atoms with van der Waals surface area (Å²) in [6.45, 7) is 8.19. The Morgan fingerprint density at radius 3 is 2.33 bits per heavy atom. The average Bonchev–Trinajstić information content (AvgIpc) is 2.21. The van der Waals surface area contributed by atoms with E-state index in [1.54, 1.807) is 0 Å². The normalized spacial score (nSPS) is 11.5. The van der Waals surface area contributed by atoms with E-state index >= 15 is 0 Å². The summed E-state index contributed by atoms with van der Waals surface area (Å²) in [5.74, 6) is 0.119. The Labute approximate surface area is 91.5 Å². The topological polar surface area (TPSA) is 43.1 Å². The third kappa shape index (κ3) is 2.45. The molecule has 0 bridgehead atoms. The summed E-state index contributed by atoms with van der Waals surface area (Å²) < 4.78 is 0. The van der Waals surface area contributed by atoms with E-state index in [1.165, 1.54) is 5.56 Å². The standard InChI is InChI=1S/C13H19NO/c1-9-5-6-11(7-10(9)2)12(15)13(3,4)8-14/h5-7H,8,14H2,1-4H3. The van der Waals surface area contributed by atoms with Crippen LogP contribution in [0.3, 0.4) is 0 Å². The van der Waals surface area contributed by atoms with Gasteiger partial charge in [-0.25, -0.2) is 0 Å². The van der Waals surface area contributed by atoms with Gasteiger partial charge in [0, 0.05) is 17.5 Å². The minimum Gasteiger partial charge on any atom is -0.329 e. The zero-order valence-corrected chi connectivity index (χ0v) is 9.92. The van der Waals surface area contributed by atoms with Crippen LogP contribution < -0.4 is 5.73 Å². The van der Waals surface area contributed by atoms with Crippen molar-refractivity contribution in [1.82, 2.24) is 0 Å². The molecule has 82 valence electrons. The van der Waals surface area contributed by atoms with E-state index < -0.39 is 5.41 Å². The monoisotopic (exact) mass is 205 g/mol. The van der Waals surface area contributed by atoms with Crippen molar-refractivity contribution in [3.05, 3.63) is 34.9 Å². The van der Waals surface area contributed by atoms with E-state index in [9.17, 15) is 4.79 Å². The van der Waals surface area contributed by atoms with Crippen molar-refractivity contribution in [1.29, 1.82) is 0 Å². The van der Waals surface area contributed by atoms with Crippen molar-refractivity contribution in [2.45, 2.75) is 27.7 Å². The number of hydrogen-bond acceptors (Lipinski definition) is 2. The molecule has 0 amide bonds. The number of benzene rings is 1. The number of carbonyl (C=O) groups is 1. The fourth-order valence-electron chi connectivity index (χ4n) is 1.37. The molecule has 0 saturated heterocycles. The smallest absolute Gasteiger partial charge is 0.169 e. The molecule has 0 aliphatic heterocycles. The van der Waals surface area contributed by atoms with Gasteiger partial charge in [-0.3, -0.25) is 4.79 Å². The number of carbonyl (C=O) groups excluding carboxylic acids is 1. The Morgan fingerprint density at radius 1 is 1.27 bits per heavy atom. The van der Waals surface area contributed by atoms with Crippen LogP contribution in [0.25, 0.3) is 0 Å². The predicted octanol–water partition coefficient (Wildman–Crippen LogP) is 2.47. The van der Waals surface area contributed by atoms with E-state index in [0.717, 1.165) is 11.1 Å². The largest absolute Gasteiger partial charge is 0.329 e. The van der Waals surface area contributed by atoms with Crippen LogP contribution in [0.15, 0.2) is 18.2 Å². The second-order valence-electron chi connectivity index (χ2n) is 4.72. The number of Topliss-reactive ketones (excluding diaryl/α,β-unsaturated/α-hetero) is 1. The molecule has 1 aromatic carbocycles. The third-order valence-corrected chi connectivity index (χ3v) is 2.89. The molecule has 0 atom stereocenters. The maximum absolute atomic E-state index is 12.1. The SMILES string of the molecule is Cc1ccc(C(=O)C(C)(C)CN)cc1C. The minimum absolute atomic E-state index is 0.119. The van der Waals surface area contributed by atoms with E-state index in [0.29, 0.717) is 6.54 Å². The first-order valence-electron chi connectivity index (χ1n) is 5.20. The van der Waals surface area contributed by atoms with Gasteiger partial charge < -0.3 is 5.73 Å². The Morgan fingerprint density at radius 2 is 1.87 bits per heavy atom. The van der Waals surface area contributed by atoms with Gasteiger partial charge in [-0.15, -0.1) is 0 Å². The van der Waals surface area contributed by atoms with Crippen LogP contribution in [0.5, 0.6) is 0 Å². The van der Waals surface area contributed by atoms with Crippen molar-refractivity contribution in [3.8, 4) is 0 Å². The van der Waals surface area contributed by atoms with Crippen LogP contribution >= 0.6 is 0 Å². The van der Waals surface area contributed by atoms with Gasteiger partial charge in [0.25, 0.3) is 0 Å². The van der Waals surface area contributed by atoms with Gasteiger partial charge in [-0.1, -0.05) is 26.0 Å². The number of ketones is 1. The van der Waals surface area contributed by atoms with Crippen LogP contribution in [0.1, 0.15) is 35.3 Å². The number of aryl methyl sites for hydroxylation is 2. The summed E-state index contributed by atoms with van der Waals surface area (Å²) >= 11 is 0. The van der Waals surface area contributed by atoms with Gasteiger partial charge in [0.2, 0.25) is 0 Å². The molecule has 0 aromatic heterocycles. The van der Waals surface area contributed by atoms with Crippen LogP contribution in [-0.2, 0) is 0 Å². The van der Waals surface area contributed by atoms with Crippen LogP contribution in [-0.4, -0.2) is 12.3 Å². The zero-order valence-electron chi connectivity index (χ0n) is 9.92. The minimum atomic E-state index is -0.471. The summed E-state index contributed by atoms with van der Waals surface area (Å²) in [4.78, 5) is 12.1. The Bertz CT molecular complexity index is 380. The van der Waals surface area contributed by atoms with Gasteiger partial charge >= 0.3 is 0 Å². The van der Waals surface area contributed by atoms with Crippen molar-refractivity contribution in [2.75, 3.05) is 6.54 Å². The zero-order chi connectivity index (χ0) is 11.6. The average molecular weight is 205 g/mol. The molecule has 0 radical (unpaired) electrons. The molecule has 0 aliphatic rings. The lowest BCUT2D eigenvalue weighted by atomic mass is 9.84. The lowest BCUT2D eigenvalue weighted by Gasteiger charge is -2.21. The second-order valence-corrected chi connectivity index (χ2v) is 4.72. The number of nitrogens with two attached hydrogens (primary N) is 1. The molecule has 2 nitrogen and oxygen atoms in total. The van der Waals surface area contributed by atoms with Crippen LogP contribution in [0, 0.1) is 19.3 Å². The van der Waals surface area contributed by atoms with Gasteiger partial charge in [-0.2, -0.15) is 0 Å². The van der Waals surface area contributed by atoms with E-state index in [-0.39, 0.29) is 5.78 Å². The molecule has 1 aromatic rings. The lowest BCUT2D eigenvalue weighted by molar-refractivity contribution is 0.0847. The summed E-state index contributed by atoms with van der Waals surface area (Å²) in [6, 6.07) is 5.80. The molecule has 2 N–H and O–H groups in total. The lowest BCUT2D eigenvalue weighted by Crippen LogP contribution is -2.32. The molecular weight excluding hydrogens is 186 g/mol. The highest BCUT2D eigenvalue weighted by molar-refractivity contribution is 6.00. The Hall–Kier alpha value is -1.15.